The number of aromatic nitrogens is 2. The Labute approximate surface area is 101 Å². The summed E-state index contributed by atoms with van der Waals surface area (Å²) in [6, 6.07) is 7.77. The number of rotatable bonds is 5. The molecule has 0 unspecified atom stereocenters. The Kier molecular flexibility index (Phi) is 3.77. The van der Waals surface area contributed by atoms with Gasteiger partial charge < -0.3 is 15.0 Å². The molecule has 0 saturated carbocycles. The fourth-order valence-electron chi connectivity index (χ4n) is 1.76. The molecular formula is C13H17N3O. The summed E-state index contributed by atoms with van der Waals surface area (Å²) in [5.74, 6) is 0.973. The number of imidazole rings is 1. The Morgan fingerprint density at radius 3 is 2.76 bits per heavy atom. The van der Waals surface area contributed by atoms with Crippen LogP contribution in [0.4, 0.5) is 5.69 Å². The SMILES string of the molecule is COCCCn1ccnc1-c1ccc(N)cc1. The van der Waals surface area contributed by atoms with Gasteiger partial charge >= 0.3 is 0 Å². The van der Waals surface area contributed by atoms with Crippen LogP contribution in [0, 0.1) is 0 Å². The Balaban J connectivity index is 2.15. The summed E-state index contributed by atoms with van der Waals surface area (Å²) in [5, 5.41) is 0. The fraction of sp³-hybridized carbons (Fsp3) is 0.308. The van der Waals surface area contributed by atoms with Gasteiger partial charge in [0.25, 0.3) is 0 Å². The van der Waals surface area contributed by atoms with E-state index in [1.165, 1.54) is 0 Å². The Hall–Kier alpha value is -1.81. The zero-order valence-electron chi connectivity index (χ0n) is 9.97. The molecule has 0 radical (unpaired) electrons. The van der Waals surface area contributed by atoms with Gasteiger partial charge in [0.2, 0.25) is 0 Å². The maximum atomic E-state index is 5.67. The van der Waals surface area contributed by atoms with Crippen LogP contribution < -0.4 is 5.73 Å². The highest BCUT2D eigenvalue weighted by molar-refractivity contribution is 5.59. The molecule has 4 nitrogen and oxygen atoms in total. The van der Waals surface area contributed by atoms with Crippen molar-refractivity contribution in [1.29, 1.82) is 0 Å². The van der Waals surface area contributed by atoms with E-state index >= 15 is 0 Å². The molecule has 1 aromatic heterocycles. The maximum absolute atomic E-state index is 5.67. The van der Waals surface area contributed by atoms with E-state index in [-0.39, 0.29) is 0 Å². The molecule has 0 fully saturated rings. The minimum atomic E-state index is 0.763. The van der Waals surface area contributed by atoms with E-state index in [4.69, 9.17) is 10.5 Å². The Morgan fingerprint density at radius 2 is 2.06 bits per heavy atom. The van der Waals surface area contributed by atoms with Crippen molar-refractivity contribution in [3.05, 3.63) is 36.7 Å². The van der Waals surface area contributed by atoms with Crippen LogP contribution in [-0.2, 0) is 11.3 Å². The highest BCUT2D eigenvalue weighted by atomic mass is 16.5. The average Bonchev–Trinajstić information content (AvgIpc) is 2.79. The van der Waals surface area contributed by atoms with Crippen LogP contribution in [0.2, 0.25) is 0 Å². The topological polar surface area (TPSA) is 53.1 Å². The average molecular weight is 231 g/mol. The number of nitrogen functional groups attached to an aromatic ring is 1. The number of hydrogen-bond donors (Lipinski definition) is 1. The molecule has 0 aliphatic carbocycles. The molecule has 0 bridgehead atoms. The predicted molar refractivity (Wildman–Crippen MR) is 68.6 cm³/mol. The molecule has 0 spiro atoms. The lowest BCUT2D eigenvalue weighted by Crippen LogP contribution is -2.02. The van der Waals surface area contributed by atoms with E-state index in [1.54, 1.807) is 7.11 Å². The number of anilines is 1. The predicted octanol–water partition coefficient (Wildman–Crippen LogP) is 2.17. The largest absolute Gasteiger partial charge is 0.399 e. The normalized spacial score (nSPS) is 10.6. The second kappa shape index (κ2) is 5.50. The van der Waals surface area contributed by atoms with E-state index in [0.717, 1.165) is 36.6 Å². The lowest BCUT2D eigenvalue weighted by atomic mass is 10.2. The summed E-state index contributed by atoms with van der Waals surface area (Å²) in [5.41, 5.74) is 7.53. The molecule has 90 valence electrons. The molecule has 0 aliphatic rings. The van der Waals surface area contributed by atoms with Gasteiger partial charge in [-0.05, 0) is 30.7 Å². The molecular weight excluding hydrogens is 214 g/mol. The maximum Gasteiger partial charge on any atom is 0.139 e. The van der Waals surface area contributed by atoms with Gasteiger partial charge in [-0.25, -0.2) is 4.98 Å². The Bertz CT molecular complexity index is 462. The summed E-state index contributed by atoms with van der Waals surface area (Å²) in [7, 11) is 1.72. The second-order valence-electron chi connectivity index (χ2n) is 3.91. The molecule has 4 heteroatoms. The van der Waals surface area contributed by atoms with Gasteiger partial charge in [0.15, 0.2) is 0 Å². The lowest BCUT2D eigenvalue weighted by molar-refractivity contribution is 0.190. The van der Waals surface area contributed by atoms with Gasteiger partial charge in [-0.3, -0.25) is 0 Å². The van der Waals surface area contributed by atoms with Crippen molar-refractivity contribution in [3.8, 4) is 11.4 Å². The molecule has 0 amide bonds. The summed E-state index contributed by atoms with van der Waals surface area (Å²) in [4.78, 5) is 4.38. The van der Waals surface area contributed by atoms with E-state index < -0.39 is 0 Å². The first-order valence-electron chi connectivity index (χ1n) is 5.67. The van der Waals surface area contributed by atoms with Gasteiger partial charge in [-0.1, -0.05) is 0 Å². The van der Waals surface area contributed by atoms with Crippen LogP contribution in [0.25, 0.3) is 11.4 Å². The standard InChI is InChI=1S/C13H17N3O/c1-17-10-2-8-16-9-7-15-13(16)11-3-5-12(14)6-4-11/h3-7,9H,2,8,10,14H2,1H3. The number of aryl methyl sites for hydroxylation is 1. The molecule has 0 saturated heterocycles. The first kappa shape index (κ1) is 11.7. The minimum absolute atomic E-state index is 0.763. The second-order valence-corrected chi connectivity index (χ2v) is 3.91. The van der Waals surface area contributed by atoms with Crippen LogP contribution in [0.3, 0.4) is 0 Å². The lowest BCUT2D eigenvalue weighted by Gasteiger charge is -2.07. The molecule has 2 N–H and O–H groups in total. The molecule has 17 heavy (non-hydrogen) atoms. The van der Waals surface area contributed by atoms with Crippen molar-refractivity contribution in [2.45, 2.75) is 13.0 Å². The van der Waals surface area contributed by atoms with Gasteiger partial charge in [0.1, 0.15) is 5.82 Å². The zero-order valence-corrected chi connectivity index (χ0v) is 9.97. The first-order valence-corrected chi connectivity index (χ1v) is 5.67. The third-order valence-electron chi connectivity index (χ3n) is 2.63. The number of benzene rings is 1. The summed E-state index contributed by atoms with van der Waals surface area (Å²) in [6.07, 6.45) is 4.79. The van der Waals surface area contributed by atoms with Gasteiger partial charge in [0.05, 0.1) is 0 Å². The smallest absolute Gasteiger partial charge is 0.139 e. The first-order chi connectivity index (χ1) is 8.31. The van der Waals surface area contributed by atoms with Crippen molar-refractivity contribution < 1.29 is 4.74 Å². The highest BCUT2D eigenvalue weighted by Crippen LogP contribution is 2.19. The van der Waals surface area contributed by atoms with Crippen LogP contribution in [-0.4, -0.2) is 23.3 Å². The molecule has 0 atom stereocenters. The third-order valence-corrected chi connectivity index (χ3v) is 2.63. The molecule has 0 aliphatic heterocycles. The van der Waals surface area contributed by atoms with Gasteiger partial charge in [0, 0.05) is 43.9 Å². The van der Waals surface area contributed by atoms with Gasteiger partial charge in [-0.2, -0.15) is 0 Å². The molecule has 2 rings (SSSR count). The highest BCUT2D eigenvalue weighted by Gasteiger charge is 2.04. The number of nitrogens with two attached hydrogens (primary N) is 1. The quantitative estimate of drug-likeness (QED) is 0.633. The van der Waals surface area contributed by atoms with Crippen molar-refractivity contribution in [3.63, 3.8) is 0 Å². The van der Waals surface area contributed by atoms with Crippen molar-refractivity contribution in [2.24, 2.45) is 0 Å². The minimum Gasteiger partial charge on any atom is -0.399 e. The van der Waals surface area contributed by atoms with E-state index in [2.05, 4.69) is 9.55 Å². The van der Waals surface area contributed by atoms with Crippen molar-refractivity contribution in [2.75, 3.05) is 19.5 Å². The molecule has 1 aromatic carbocycles. The fourth-order valence-corrected chi connectivity index (χ4v) is 1.76. The molecule has 2 aromatic rings. The van der Waals surface area contributed by atoms with Crippen LogP contribution in [0.15, 0.2) is 36.7 Å². The van der Waals surface area contributed by atoms with Crippen molar-refractivity contribution in [1.82, 2.24) is 9.55 Å². The van der Waals surface area contributed by atoms with Gasteiger partial charge in [-0.15, -0.1) is 0 Å². The van der Waals surface area contributed by atoms with Crippen LogP contribution in [0.1, 0.15) is 6.42 Å². The Morgan fingerprint density at radius 1 is 1.29 bits per heavy atom. The van der Waals surface area contributed by atoms with E-state index in [0.29, 0.717) is 0 Å². The number of nitrogens with zero attached hydrogens (tertiary/aromatic N) is 2. The van der Waals surface area contributed by atoms with Crippen LogP contribution >= 0.6 is 0 Å². The summed E-state index contributed by atoms with van der Waals surface area (Å²) < 4.78 is 7.18. The summed E-state index contributed by atoms with van der Waals surface area (Å²) >= 11 is 0. The number of hydrogen-bond acceptors (Lipinski definition) is 3. The monoisotopic (exact) mass is 231 g/mol. The number of ether oxygens (including phenoxy) is 1. The van der Waals surface area contributed by atoms with E-state index in [9.17, 15) is 0 Å². The van der Waals surface area contributed by atoms with Crippen LogP contribution in [0.5, 0.6) is 0 Å². The number of methoxy groups -OCH3 is 1. The summed E-state index contributed by atoms with van der Waals surface area (Å²) in [6.45, 7) is 1.67. The zero-order chi connectivity index (χ0) is 12.1. The third kappa shape index (κ3) is 2.85. The van der Waals surface area contributed by atoms with E-state index in [1.807, 2.05) is 36.7 Å². The molecule has 1 heterocycles. The van der Waals surface area contributed by atoms with Crippen molar-refractivity contribution >= 4 is 5.69 Å².